The Morgan fingerprint density at radius 2 is 1.90 bits per heavy atom. The molecule has 1 N–H and O–H groups in total. The van der Waals surface area contributed by atoms with Crippen molar-refractivity contribution in [2.75, 3.05) is 26.3 Å². The highest BCUT2D eigenvalue weighted by atomic mass is 35.5. The summed E-state index contributed by atoms with van der Waals surface area (Å²) in [6, 6.07) is 7.72. The van der Waals surface area contributed by atoms with Gasteiger partial charge in [-0.25, -0.2) is 4.98 Å². The third-order valence-electron chi connectivity index (χ3n) is 5.73. The molecule has 2 saturated heterocycles. The highest BCUT2D eigenvalue weighted by Crippen LogP contribution is 2.43. The van der Waals surface area contributed by atoms with E-state index >= 15 is 0 Å². The minimum absolute atomic E-state index is 0.107. The van der Waals surface area contributed by atoms with E-state index < -0.39 is 5.79 Å². The molecule has 0 radical (unpaired) electrons. The molecule has 154 valence electrons. The molecule has 1 aromatic carbocycles. The summed E-state index contributed by atoms with van der Waals surface area (Å²) in [5.74, 6) is 0.451. The quantitative estimate of drug-likeness (QED) is 0.675. The van der Waals surface area contributed by atoms with Crippen LogP contribution in [-0.2, 0) is 15.9 Å². The van der Waals surface area contributed by atoms with E-state index in [0.717, 1.165) is 48.6 Å². The Hall–Kier alpha value is -1.71. The zero-order valence-corrected chi connectivity index (χ0v) is 17.7. The monoisotopic (exact) mass is 434 g/mol. The van der Waals surface area contributed by atoms with Crippen LogP contribution in [0.3, 0.4) is 0 Å². The van der Waals surface area contributed by atoms with Gasteiger partial charge in [0.1, 0.15) is 0 Å². The average Bonchev–Trinajstić information content (AvgIpc) is 3.43. The number of aromatic hydroxyl groups is 1. The number of thiazole rings is 1. The van der Waals surface area contributed by atoms with Crippen molar-refractivity contribution in [3.63, 3.8) is 0 Å². The lowest BCUT2D eigenvalue weighted by molar-refractivity contribution is -0.187. The van der Waals surface area contributed by atoms with Gasteiger partial charge >= 0.3 is 0 Å². The lowest BCUT2D eigenvalue weighted by Gasteiger charge is -2.41. The average molecular weight is 435 g/mol. The number of aryl methyl sites for hydroxylation is 1. The number of nitrogens with zero attached hydrogens (tertiary/aromatic N) is 4. The zero-order valence-electron chi connectivity index (χ0n) is 16.2. The highest BCUT2D eigenvalue weighted by molar-refractivity contribution is 7.17. The van der Waals surface area contributed by atoms with Crippen molar-refractivity contribution in [1.29, 1.82) is 0 Å². The number of rotatable bonds is 4. The molecule has 29 heavy (non-hydrogen) atoms. The molecule has 3 aromatic rings. The SMILES string of the molecule is CCc1nc2sc([C@@H](c3ccc(Cl)cc3)N3CCC4(CC3)OCCO4)c(O)n2n1. The van der Waals surface area contributed by atoms with Crippen molar-refractivity contribution in [1.82, 2.24) is 19.5 Å². The molecule has 2 fully saturated rings. The largest absolute Gasteiger partial charge is 0.492 e. The summed E-state index contributed by atoms with van der Waals surface area (Å²) in [6.07, 6.45) is 2.34. The maximum atomic E-state index is 11.0. The molecule has 0 aliphatic carbocycles. The summed E-state index contributed by atoms with van der Waals surface area (Å²) < 4.78 is 13.3. The molecule has 9 heteroatoms. The van der Waals surface area contributed by atoms with Crippen molar-refractivity contribution < 1.29 is 14.6 Å². The summed E-state index contributed by atoms with van der Waals surface area (Å²) in [4.78, 5) is 8.46. The highest BCUT2D eigenvalue weighted by Gasteiger charge is 2.42. The first-order chi connectivity index (χ1) is 14.1. The number of aromatic nitrogens is 3. The van der Waals surface area contributed by atoms with Crippen molar-refractivity contribution in [2.45, 2.75) is 38.0 Å². The van der Waals surface area contributed by atoms with Crippen LogP contribution in [0.1, 0.15) is 42.1 Å². The second-order valence-electron chi connectivity index (χ2n) is 7.46. The lowest BCUT2D eigenvalue weighted by Crippen LogP contribution is -2.46. The van der Waals surface area contributed by atoms with Gasteiger partial charge in [0.2, 0.25) is 10.8 Å². The molecule has 1 atom stereocenters. The summed E-state index contributed by atoms with van der Waals surface area (Å²) in [7, 11) is 0. The van der Waals surface area contributed by atoms with E-state index in [1.807, 2.05) is 31.2 Å². The van der Waals surface area contributed by atoms with Crippen molar-refractivity contribution in [3.05, 3.63) is 45.6 Å². The Bertz CT molecular complexity index is 1000. The number of piperidine rings is 1. The minimum atomic E-state index is -0.440. The van der Waals surface area contributed by atoms with Gasteiger partial charge in [-0.05, 0) is 17.7 Å². The van der Waals surface area contributed by atoms with Crippen LogP contribution in [0.2, 0.25) is 5.02 Å². The standard InChI is InChI=1S/C20H23ClN4O3S/c1-2-15-22-19-25(23-15)18(26)17(29-19)16(13-3-5-14(21)6-4-13)24-9-7-20(8-10-24)27-11-12-28-20/h3-6,16,26H,2,7-12H2,1H3/t16-/m1/s1. The maximum absolute atomic E-state index is 11.0. The molecule has 2 aliphatic heterocycles. The zero-order chi connectivity index (χ0) is 20.0. The number of fused-ring (bicyclic) bond motifs is 1. The second-order valence-corrected chi connectivity index (χ2v) is 8.91. The molecule has 0 amide bonds. The number of hydrogen-bond acceptors (Lipinski definition) is 7. The fourth-order valence-corrected chi connectivity index (χ4v) is 5.46. The van der Waals surface area contributed by atoms with E-state index in [2.05, 4.69) is 15.0 Å². The number of ether oxygens (including phenoxy) is 2. The van der Waals surface area contributed by atoms with Crippen molar-refractivity contribution >= 4 is 27.9 Å². The lowest BCUT2D eigenvalue weighted by atomic mass is 9.97. The molecule has 1 spiro atoms. The Balaban J connectivity index is 1.52. The molecule has 0 saturated carbocycles. The topological polar surface area (TPSA) is 72.1 Å². The van der Waals surface area contributed by atoms with E-state index in [0.29, 0.717) is 23.2 Å². The van der Waals surface area contributed by atoms with Gasteiger partial charge in [-0.2, -0.15) is 4.52 Å². The smallest absolute Gasteiger partial charge is 0.230 e. The van der Waals surface area contributed by atoms with Crippen LogP contribution in [-0.4, -0.2) is 56.7 Å². The van der Waals surface area contributed by atoms with Gasteiger partial charge in [0.15, 0.2) is 11.6 Å². The second kappa shape index (κ2) is 7.52. The van der Waals surface area contributed by atoms with Crippen LogP contribution >= 0.6 is 22.9 Å². The molecule has 2 aromatic heterocycles. The van der Waals surface area contributed by atoms with Gasteiger partial charge in [0, 0.05) is 37.4 Å². The molecular formula is C20H23ClN4O3S. The van der Waals surface area contributed by atoms with Gasteiger partial charge in [-0.3, -0.25) is 4.90 Å². The molecule has 5 rings (SSSR count). The van der Waals surface area contributed by atoms with Gasteiger partial charge in [0.05, 0.1) is 24.1 Å². The van der Waals surface area contributed by atoms with Crippen LogP contribution in [0.5, 0.6) is 5.88 Å². The first kappa shape index (κ1) is 19.3. The molecule has 2 aliphatic rings. The Morgan fingerprint density at radius 1 is 1.21 bits per heavy atom. The Labute approximate surface area is 177 Å². The van der Waals surface area contributed by atoms with E-state index in [1.165, 1.54) is 11.3 Å². The van der Waals surface area contributed by atoms with Gasteiger partial charge in [-0.1, -0.05) is 42.0 Å². The van der Waals surface area contributed by atoms with Crippen molar-refractivity contribution in [2.24, 2.45) is 0 Å². The van der Waals surface area contributed by atoms with Gasteiger partial charge in [0.25, 0.3) is 0 Å². The van der Waals surface area contributed by atoms with Crippen LogP contribution in [0.25, 0.3) is 4.96 Å². The molecule has 0 bridgehead atoms. The summed E-state index contributed by atoms with van der Waals surface area (Å²) in [5.41, 5.74) is 1.08. The Kier molecular flexibility index (Phi) is 4.99. The predicted octanol–water partition coefficient (Wildman–Crippen LogP) is 3.64. The number of likely N-dealkylation sites (tertiary alicyclic amines) is 1. The van der Waals surface area contributed by atoms with Gasteiger partial charge in [-0.15, -0.1) is 5.10 Å². The molecule has 7 nitrogen and oxygen atoms in total. The van der Waals surface area contributed by atoms with Crippen LogP contribution in [0, 0.1) is 0 Å². The Morgan fingerprint density at radius 3 is 2.52 bits per heavy atom. The first-order valence-electron chi connectivity index (χ1n) is 9.93. The number of hydrogen-bond donors (Lipinski definition) is 1. The minimum Gasteiger partial charge on any atom is -0.492 e. The summed E-state index contributed by atoms with van der Waals surface area (Å²) >= 11 is 7.61. The molecule has 0 unspecified atom stereocenters. The van der Waals surface area contributed by atoms with E-state index in [9.17, 15) is 5.11 Å². The van der Waals surface area contributed by atoms with Gasteiger partial charge < -0.3 is 14.6 Å². The third-order valence-corrected chi connectivity index (χ3v) is 7.06. The summed E-state index contributed by atoms with van der Waals surface area (Å²) in [5, 5.41) is 16.1. The van der Waals surface area contributed by atoms with Crippen LogP contribution in [0.15, 0.2) is 24.3 Å². The molecule has 4 heterocycles. The fraction of sp³-hybridized carbons (Fsp3) is 0.500. The van der Waals surface area contributed by atoms with E-state index in [-0.39, 0.29) is 11.9 Å². The van der Waals surface area contributed by atoms with Crippen LogP contribution < -0.4 is 0 Å². The number of halogens is 1. The summed E-state index contributed by atoms with van der Waals surface area (Å²) in [6.45, 7) is 4.94. The first-order valence-corrected chi connectivity index (χ1v) is 11.1. The van der Waals surface area contributed by atoms with E-state index in [4.69, 9.17) is 21.1 Å². The maximum Gasteiger partial charge on any atom is 0.230 e. The third kappa shape index (κ3) is 3.43. The molecular weight excluding hydrogens is 412 g/mol. The number of benzene rings is 1. The predicted molar refractivity (Wildman–Crippen MR) is 111 cm³/mol. The van der Waals surface area contributed by atoms with Crippen molar-refractivity contribution in [3.8, 4) is 5.88 Å². The van der Waals surface area contributed by atoms with E-state index in [1.54, 1.807) is 4.52 Å². The van der Waals surface area contributed by atoms with Crippen LogP contribution in [0.4, 0.5) is 0 Å². The normalized spacial score (nSPS) is 20.6. The fourth-order valence-electron chi connectivity index (χ4n) is 4.20.